The number of carbonyl (C=O) groups is 1. The maximum absolute atomic E-state index is 11.3. The molecule has 0 spiro atoms. The third-order valence-electron chi connectivity index (χ3n) is 1.98. The number of ether oxygens (including phenoxy) is 2. The standard InChI is InChI=1S/C9H10N2O5/c1-15-8-6(11(13)14)4-3-5(7(8)10)9(12)16-2/h3-4H,10H2,1-2H3. The number of hydrogen-bond acceptors (Lipinski definition) is 6. The molecule has 86 valence electrons. The topological polar surface area (TPSA) is 105 Å². The van der Waals surface area contributed by atoms with Crippen molar-refractivity contribution >= 4 is 17.3 Å². The number of carbonyl (C=O) groups excluding carboxylic acids is 1. The van der Waals surface area contributed by atoms with Gasteiger partial charge in [0.2, 0.25) is 5.75 Å². The van der Waals surface area contributed by atoms with Crippen molar-refractivity contribution in [1.82, 2.24) is 0 Å². The van der Waals surface area contributed by atoms with Gasteiger partial charge in [-0.05, 0) is 6.07 Å². The van der Waals surface area contributed by atoms with Gasteiger partial charge < -0.3 is 15.2 Å². The van der Waals surface area contributed by atoms with Crippen LogP contribution in [0.3, 0.4) is 0 Å². The molecule has 0 radical (unpaired) electrons. The number of rotatable bonds is 3. The fraction of sp³-hybridized carbons (Fsp3) is 0.222. The minimum atomic E-state index is -0.675. The van der Waals surface area contributed by atoms with E-state index in [2.05, 4.69) is 4.74 Å². The number of nitrogen functional groups attached to an aromatic ring is 1. The van der Waals surface area contributed by atoms with Crippen molar-refractivity contribution in [3.05, 3.63) is 27.8 Å². The van der Waals surface area contributed by atoms with Crippen LogP contribution >= 0.6 is 0 Å². The van der Waals surface area contributed by atoms with Gasteiger partial charge in [-0.15, -0.1) is 0 Å². The molecular formula is C9H10N2O5. The zero-order chi connectivity index (χ0) is 12.3. The van der Waals surface area contributed by atoms with Crippen LogP contribution in [-0.4, -0.2) is 25.1 Å². The fourth-order valence-corrected chi connectivity index (χ4v) is 1.23. The Morgan fingerprint density at radius 2 is 2.06 bits per heavy atom. The highest BCUT2D eigenvalue weighted by molar-refractivity contribution is 5.97. The van der Waals surface area contributed by atoms with Gasteiger partial charge in [0.05, 0.1) is 30.4 Å². The molecule has 1 aromatic rings. The zero-order valence-electron chi connectivity index (χ0n) is 8.72. The van der Waals surface area contributed by atoms with E-state index in [1.54, 1.807) is 0 Å². The SMILES string of the molecule is COC(=O)c1ccc([N+](=O)[O-])c(OC)c1N. The molecule has 0 aromatic heterocycles. The summed E-state index contributed by atoms with van der Waals surface area (Å²) in [6.45, 7) is 0. The molecule has 0 saturated carbocycles. The Morgan fingerprint density at radius 3 is 2.50 bits per heavy atom. The van der Waals surface area contributed by atoms with E-state index < -0.39 is 10.9 Å². The molecule has 7 nitrogen and oxygen atoms in total. The molecule has 0 aliphatic carbocycles. The van der Waals surface area contributed by atoms with Crippen molar-refractivity contribution in [2.24, 2.45) is 0 Å². The number of nitrogens with zero attached hydrogens (tertiary/aromatic N) is 1. The van der Waals surface area contributed by atoms with Crippen LogP contribution in [-0.2, 0) is 4.74 Å². The second kappa shape index (κ2) is 4.47. The smallest absolute Gasteiger partial charge is 0.340 e. The summed E-state index contributed by atoms with van der Waals surface area (Å²) in [5.74, 6) is -0.821. The van der Waals surface area contributed by atoms with Crippen LogP contribution < -0.4 is 10.5 Å². The van der Waals surface area contributed by atoms with Gasteiger partial charge in [-0.3, -0.25) is 10.1 Å². The summed E-state index contributed by atoms with van der Waals surface area (Å²) in [6, 6.07) is 2.36. The number of methoxy groups -OCH3 is 2. The molecule has 0 bridgehead atoms. The predicted octanol–water partition coefficient (Wildman–Crippen LogP) is 0.972. The molecule has 0 saturated heterocycles. The monoisotopic (exact) mass is 226 g/mol. The maximum atomic E-state index is 11.3. The van der Waals surface area contributed by atoms with Crippen molar-refractivity contribution in [3.8, 4) is 5.75 Å². The van der Waals surface area contributed by atoms with Gasteiger partial charge >= 0.3 is 11.7 Å². The number of esters is 1. The van der Waals surface area contributed by atoms with E-state index >= 15 is 0 Å². The Hall–Kier alpha value is -2.31. The highest BCUT2D eigenvalue weighted by atomic mass is 16.6. The molecule has 0 heterocycles. The van der Waals surface area contributed by atoms with Crippen molar-refractivity contribution in [3.63, 3.8) is 0 Å². The summed E-state index contributed by atoms with van der Waals surface area (Å²) in [7, 11) is 2.43. The highest BCUT2D eigenvalue weighted by Gasteiger charge is 2.23. The van der Waals surface area contributed by atoms with E-state index in [1.807, 2.05) is 0 Å². The molecule has 0 fully saturated rings. The van der Waals surface area contributed by atoms with Gasteiger partial charge in [-0.2, -0.15) is 0 Å². The van der Waals surface area contributed by atoms with E-state index in [4.69, 9.17) is 10.5 Å². The molecule has 0 unspecified atom stereocenters. The van der Waals surface area contributed by atoms with Crippen LogP contribution in [0.5, 0.6) is 5.75 Å². The first-order chi connectivity index (χ1) is 7.52. The molecule has 0 aliphatic heterocycles. The van der Waals surface area contributed by atoms with Crippen molar-refractivity contribution in [2.45, 2.75) is 0 Å². The van der Waals surface area contributed by atoms with Crippen molar-refractivity contribution in [1.29, 1.82) is 0 Å². The number of nitro benzene ring substituents is 1. The van der Waals surface area contributed by atoms with E-state index in [9.17, 15) is 14.9 Å². The molecule has 1 rings (SSSR count). The van der Waals surface area contributed by atoms with Crippen molar-refractivity contribution < 1.29 is 19.2 Å². The minimum Gasteiger partial charge on any atom is -0.489 e. The maximum Gasteiger partial charge on any atom is 0.340 e. The summed E-state index contributed by atoms with van der Waals surface area (Å²) < 4.78 is 9.27. The van der Waals surface area contributed by atoms with Gasteiger partial charge in [0.15, 0.2) is 0 Å². The van der Waals surface area contributed by atoms with Crippen LogP contribution in [0, 0.1) is 10.1 Å². The lowest BCUT2D eigenvalue weighted by molar-refractivity contribution is -0.385. The van der Waals surface area contributed by atoms with Crippen LogP contribution in [0.25, 0.3) is 0 Å². The summed E-state index contributed by atoms with van der Waals surface area (Å²) in [4.78, 5) is 21.3. The van der Waals surface area contributed by atoms with E-state index in [0.29, 0.717) is 0 Å². The van der Waals surface area contributed by atoms with Crippen LogP contribution in [0.15, 0.2) is 12.1 Å². The van der Waals surface area contributed by atoms with Gasteiger partial charge in [0.1, 0.15) is 0 Å². The highest BCUT2D eigenvalue weighted by Crippen LogP contribution is 2.35. The summed E-state index contributed by atoms with van der Waals surface area (Å²) in [6.07, 6.45) is 0. The molecular weight excluding hydrogens is 216 g/mol. The number of anilines is 1. The van der Waals surface area contributed by atoms with Gasteiger partial charge in [-0.25, -0.2) is 4.79 Å². The molecule has 0 atom stereocenters. The predicted molar refractivity (Wildman–Crippen MR) is 55.4 cm³/mol. The Bertz CT molecular complexity index is 444. The van der Waals surface area contributed by atoms with Gasteiger partial charge in [0, 0.05) is 6.07 Å². The number of hydrogen-bond donors (Lipinski definition) is 1. The van der Waals surface area contributed by atoms with Gasteiger partial charge in [-0.1, -0.05) is 0 Å². The Labute approximate surface area is 90.9 Å². The van der Waals surface area contributed by atoms with E-state index in [1.165, 1.54) is 20.3 Å². The Morgan fingerprint density at radius 1 is 1.44 bits per heavy atom. The van der Waals surface area contributed by atoms with E-state index in [0.717, 1.165) is 6.07 Å². The number of nitro groups is 1. The second-order valence-corrected chi connectivity index (χ2v) is 2.83. The molecule has 16 heavy (non-hydrogen) atoms. The second-order valence-electron chi connectivity index (χ2n) is 2.83. The molecule has 1 aromatic carbocycles. The first kappa shape index (κ1) is 11.8. The fourth-order valence-electron chi connectivity index (χ4n) is 1.23. The van der Waals surface area contributed by atoms with E-state index in [-0.39, 0.29) is 22.7 Å². The quantitative estimate of drug-likeness (QED) is 0.356. The molecule has 7 heteroatoms. The first-order valence-corrected chi connectivity index (χ1v) is 4.22. The average Bonchev–Trinajstić information content (AvgIpc) is 2.27. The largest absolute Gasteiger partial charge is 0.489 e. The van der Waals surface area contributed by atoms with Gasteiger partial charge in [0.25, 0.3) is 0 Å². The lowest BCUT2D eigenvalue weighted by Crippen LogP contribution is -2.08. The van der Waals surface area contributed by atoms with Crippen molar-refractivity contribution in [2.75, 3.05) is 20.0 Å². The average molecular weight is 226 g/mol. The molecule has 0 aliphatic rings. The molecule has 0 amide bonds. The normalized spacial score (nSPS) is 9.62. The minimum absolute atomic E-state index is 0.0324. The zero-order valence-corrected chi connectivity index (χ0v) is 8.72. The summed E-state index contributed by atoms with van der Waals surface area (Å²) >= 11 is 0. The third-order valence-corrected chi connectivity index (χ3v) is 1.98. The Balaban J connectivity index is 3.40. The van der Waals surface area contributed by atoms with Crippen LogP contribution in [0.2, 0.25) is 0 Å². The first-order valence-electron chi connectivity index (χ1n) is 4.22. The summed E-state index contributed by atoms with van der Waals surface area (Å²) in [5.41, 5.74) is 5.20. The Kier molecular flexibility index (Phi) is 3.29. The summed E-state index contributed by atoms with van der Waals surface area (Å²) in [5, 5.41) is 10.6. The van der Waals surface area contributed by atoms with Crippen LogP contribution in [0.4, 0.5) is 11.4 Å². The van der Waals surface area contributed by atoms with Crippen LogP contribution in [0.1, 0.15) is 10.4 Å². The molecule has 2 N–H and O–H groups in total. The number of nitrogens with two attached hydrogens (primary N) is 1. The lowest BCUT2D eigenvalue weighted by Gasteiger charge is -2.08. The number of benzene rings is 1. The third kappa shape index (κ3) is 1.88. The lowest BCUT2D eigenvalue weighted by atomic mass is 10.1.